The standard InChI is InChI=1S/C16H16F2N8O/c17-9-5-22-15-12(14(19)24-26(15)8-9)16(27)23-11-7-21-6-10(18)13(11)25-3-1-20-2-4-25/h5-8,20H,1-4H2,(H2,19,24)(H,23,27). The highest BCUT2D eigenvalue weighted by Crippen LogP contribution is 2.29. The molecule has 0 unspecified atom stereocenters. The first kappa shape index (κ1) is 17.1. The van der Waals surface area contributed by atoms with Gasteiger partial charge in [0.1, 0.15) is 11.3 Å². The predicted molar refractivity (Wildman–Crippen MR) is 94.6 cm³/mol. The Hall–Kier alpha value is -3.34. The molecule has 3 aromatic rings. The third-order valence-corrected chi connectivity index (χ3v) is 4.25. The van der Waals surface area contributed by atoms with E-state index in [1.54, 1.807) is 0 Å². The van der Waals surface area contributed by atoms with Crippen LogP contribution in [0.2, 0.25) is 0 Å². The van der Waals surface area contributed by atoms with E-state index in [0.717, 1.165) is 23.1 Å². The molecular weight excluding hydrogens is 358 g/mol. The summed E-state index contributed by atoms with van der Waals surface area (Å²) in [7, 11) is 0. The summed E-state index contributed by atoms with van der Waals surface area (Å²) in [6.07, 6.45) is 4.49. The van der Waals surface area contributed by atoms with Gasteiger partial charge in [-0.05, 0) is 0 Å². The van der Waals surface area contributed by atoms with Crippen molar-refractivity contribution < 1.29 is 13.6 Å². The fourth-order valence-electron chi connectivity index (χ4n) is 3.06. The first-order valence-electron chi connectivity index (χ1n) is 8.24. The van der Waals surface area contributed by atoms with Gasteiger partial charge in [-0.1, -0.05) is 0 Å². The zero-order valence-corrected chi connectivity index (χ0v) is 14.1. The molecule has 1 fully saturated rings. The Kier molecular flexibility index (Phi) is 4.28. The molecule has 0 aliphatic carbocycles. The largest absolute Gasteiger partial charge is 0.381 e. The summed E-state index contributed by atoms with van der Waals surface area (Å²) in [5.41, 5.74) is 6.35. The predicted octanol–water partition coefficient (Wildman–Crippen LogP) is 0.647. The number of hydrogen-bond donors (Lipinski definition) is 3. The zero-order chi connectivity index (χ0) is 19.0. The average molecular weight is 374 g/mol. The minimum Gasteiger partial charge on any atom is -0.381 e. The maximum atomic E-state index is 14.4. The second-order valence-electron chi connectivity index (χ2n) is 6.01. The number of rotatable bonds is 3. The van der Waals surface area contributed by atoms with Gasteiger partial charge in [-0.2, -0.15) is 0 Å². The Morgan fingerprint density at radius 3 is 2.78 bits per heavy atom. The van der Waals surface area contributed by atoms with E-state index in [0.29, 0.717) is 26.2 Å². The number of nitrogens with zero attached hydrogens (tertiary/aromatic N) is 5. The molecule has 0 bridgehead atoms. The fraction of sp³-hybridized carbons (Fsp3) is 0.250. The van der Waals surface area contributed by atoms with E-state index in [9.17, 15) is 13.6 Å². The van der Waals surface area contributed by atoms with Crippen molar-refractivity contribution in [2.45, 2.75) is 0 Å². The molecule has 4 rings (SSSR count). The van der Waals surface area contributed by atoms with E-state index < -0.39 is 17.5 Å². The topological polar surface area (TPSA) is 113 Å². The van der Waals surface area contributed by atoms with Crippen LogP contribution < -0.4 is 21.3 Å². The van der Waals surface area contributed by atoms with Crippen LogP contribution in [0.15, 0.2) is 24.8 Å². The summed E-state index contributed by atoms with van der Waals surface area (Å²) >= 11 is 0. The monoisotopic (exact) mass is 374 g/mol. The second-order valence-corrected chi connectivity index (χ2v) is 6.01. The molecule has 9 nitrogen and oxygen atoms in total. The van der Waals surface area contributed by atoms with Crippen molar-refractivity contribution in [1.82, 2.24) is 24.9 Å². The summed E-state index contributed by atoms with van der Waals surface area (Å²) in [5.74, 6) is -1.90. The van der Waals surface area contributed by atoms with Gasteiger partial charge in [0.2, 0.25) is 0 Å². The van der Waals surface area contributed by atoms with Gasteiger partial charge in [0.25, 0.3) is 5.91 Å². The van der Waals surface area contributed by atoms with Crippen LogP contribution in [0.25, 0.3) is 5.65 Å². The molecule has 4 N–H and O–H groups in total. The smallest absolute Gasteiger partial charge is 0.263 e. The van der Waals surface area contributed by atoms with Crippen molar-refractivity contribution in [3.8, 4) is 0 Å². The minimum atomic E-state index is -0.634. The Morgan fingerprint density at radius 2 is 2.00 bits per heavy atom. The lowest BCUT2D eigenvalue weighted by atomic mass is 10.2. The van der Waals surface area contributed by atoms with E-state index in [2.05, 4.69) is 25.7 Å². The number of pyridine rings is 1. The SMILES string of the molecule is Nc1nn2cc(F)cnc2c1C(=O)Nc1cncc(F)c1N1CCNCC1. The van der Waals surface area contributed by atoms with Crippen molar-refractivity contribution in [3.05, 3.63) is 42.0 Å². The number of carbonyl (C=O) groups excluding carboxylic acids is 1. The van der Waals surface area contributed by atoms with E-state index in [-0.39, 0.29) is 28.4 Å². The van der Waals surface area contributed by atoms with E-state index >= 15 is 0 Å². The van der Waals surface area contributed by atoms with Crippen molar-refractivity contribution in [2.75, 3.05) is 42.1 Å². The van der Waals surface area contributed by atoms with Crippen LogP contribution in [0.1, 0.15) is 10.4 Å². The molecule has 1 aliphatic rings. The van der Waals surface area contributed by atoms with E-state index in [1.165, 1.54) is 6.20 Å². The average Bonchev–Trinajstić information content (AvgIpc) is 2.97. The summed E-state index contributed by atoms with van der Waals surface area (Å²) < 4.78 is 28.8. The number of amides is 1. The molecule has 3 aromatic heterocycles. The second kappa shape index (κ2) is 6.76. The number of halogens is 2. The van der Waals surface area contributed by atoms with Gasteiger partial charge in [-0.3, -0.25) is 9.78 Å². The Balaban J connectivity index is 1.70. The van der Waals surface area contributed by atoms with Gasteiger partial charge in [0.05, 0.1) is 30.5 Å². The number of piperazine rings is 1. The fourth-order valence-corrected chi connectivity index (χ4v) is 3.06. The van der Waals surface area contributed by atoms with E-state index in [4.69, 9.17) is 5.73 Å². The van der Waals surface area contributed by atoms with Gasteiger partial charge >= 0.3 is 0 Å². The Bertz CT molecular complexity index is 1020. The molecule has 4 heterocycles. The molecule has 0 saturated carbocycles. The normalized spacial score (nSPS) is 14.5. The van der Waals surface area contributed by atoms with Gasteiger partial charge in [-0.15, -0.1) is 5.10 Å². The Morgan fingerprint density at radius 1 is 1.22 bits per heavy atom. The summed E-state index contributed by atoms with van der Waals surface area (Å²) in [6, 6.07) is 0. The van der Waals surface area contributed by atoms with E-state index in [1.807, 2.05) is 4.90 Å². The third kappa shape index (κ3) is 3.12. The number of carbonyl (C=O) groups is 1. The van der Waals surface area contributed by atoms with Gasteiger partial charge in [0.15, 0.2) is 23.1 Å². The van der Waals surface area contributed by atoms with Crippen LogP contribution in [0.5, 0.6) is 0 Å². The van der Waals surface area contributed by atoms with Crippen molar-refractivity contribution in [2.24, 2.45) is 0 Å². The molecule has 140 valence electrons. The number of fused-ring (bicyclic) bond motifs is 1. The molecular formula is C16H16F2N8O. The van der Waals surface area contributed by atoms with Crippen LogP contribution in [0, 0.1) is 11.6 Å². The molecule has 0 spiro atoms. The number of aromatic nitrogens is 4. The zero-order valence-electron chi connectivity index (χ0n) is 14.1. The van der Waals surface area contributed by atoms with Crippen molar-refractivity contribution in [3.63, 3.8) is 0 Å². The van der Waals surface area contributed by atoms with Crippen LogP contribution in [0.3, 0.4) is 0 Å². The lowest BCUT2D eigenvalue weighted by Crippen LogP contribution is -2.44. The highest BCUT2D eigenvalue weighted by molar-refractivity contribution is 6.12. The lowest BCUT2D eigenvalue weighted by Gasteiger charge is -2.31. The van der Waals surface area contributed by atoms with Crippen LogP contribution >= 0.6 is 0 Å². The van der Waals surface area contributed by atoms with Gasteiger partial charge < -0.3 is 21.3 Å². The quantitative estimate of drug-likeness (QED) is 0.617. The number of nitrogens with one attached hydrogen (secondary N) is 2. The molecule has 11 heteroatoms. The van der Waals surface area contributed by atoms with Crippen LogP contribution in [0.4, 0.5) is 26.0 Å². The molecule has 0 aromatic carbocycles. The maximum Gasteiger partial charge on any atom is 0.263 e. The van der Waals surface area contributed by atoms with Gasteiger partial charge in [-0.25, -0.2) is 18.3 Å². The van der Waals surface area contributed by atoms with Crippen molar-refractivity contribution in [1.29, 1.82) is 0 Å². The summed E-state index contributed by atoms with van der Waals surface area (Å²) in [5, 5.41) is 9.70. The molecule has 1 saturated heterocycles. The van der Waals surface area contributed by atoms with Crippen LogP contribution in [-0.2, 0) is 0 Å². The molecule has 1 amide bonds. The molecule has 27 heavy (non-hydrogen) atoms. The first-order chi connectivity index (χ1) is 13.0. The number of anilines is 3. The summed E-state index contributed by atoms with van der Waals surface area (Å²) in [6.45, 7) is 2.57. The van der Waals surface area contributed by atoms with Crippen LogP contribution in [-0.4, -0.2) is 51.7 Å². The molecule has 0 radical (unpaired) electrons. The van der Waals surface area contributed by atoms with Crippen molar-refractivity contribution >= 4 is 28.7 Å². The maximum absolute atomic E-state index is 14.4. The Labute approximate surface area is 152 Å². The first-order valence-corrected chi connectivity index (χ1v) is 8.24. The number of nitrogen functional groups attached to an aromatic ring is 1. The summed E-state index contributed by atoms with van der Waals surface area (Å²) in [4.78, 5) is 22.3. The minimum absolute atomic E-state index is 0.0227. The molecule has 1 aliphatic heterocycles. The third-order valence-electron chi connectivity index (χ3n) is 4.25. The van der Waals surface area contributed by atoms with Gasteiger partial charge in [0, 0.05) is 26.2 Å². The number of nitrogens with two attached hydrogens (primary N) is 1. The lowest BCUT2D eigenvalue weighted by molar-refractivity contribution is 0.102. The highest BCUT2D eigenvalue weighted by Gasteiger charge is 2.24. The molecule has 0 atom stereocenters. The number of hydrogen-bond acceptors (Lipinski definition) is 7. The highest BCUT2D eigenvalue weighted by atomic mass is 19.1.